The van der Waals surface area contributed by atoms with Crippen molar-refractivity contribution in [3.05, 3.63) is 36.7 Å². The number of ether oxygens (including phenoxy) is 1. The third-order valence-corrected chi connectivity index (χ3v) is 5.08. The van der Waals surface area contributed by atoms with Gasteiger partial charge in [0.15, 0.2) is 5.69 Å². The van der Waals surface area contributed by atoms with Gasteiger partial charge < -0.3 is 20.4 Å². The first-order chi connectivity index (χ1) is 14.1. The molecule has 29 heavy (non-hydrogen) atoms. The summed E-state index contributed by atoms with van der Waals surface area (Å²) in [4.78, 5) is 40.2. The van der Waals surface area contributed by atoms with Crippen molar-refractivity contribution in [2.75, 3.05) is 13.7 Å². The number of hydrogen-bond acceptors (Lipinski definition) is 6. The summed E-state index contributed by atoms with van der Waals surface area (Å²) in [6.45, 7) is 0.0704. The maximum Gasteiger partial charge on any atom is 0.272 e. The number of hydrogen-bond donors (Lipinski definition) is 3. The van der Waals surface area contributed by atoms with Crippen molar-refractivity contribution in [2.45, 2.75) is 37.8 Å². The average molecular weight is 397 g/mol. The molecule has 0 radical (unpaired) electrons. The van der Waals surface area contributed by atoms with Gasteiger partial charge in [-0.2, -0.15) is 0 Å². The number of carbonyl (C=O) groups excluding carboxylic acids is 2. The van der Waals surface area contributed by atoms with Crippen LogP contribution in [0.4, 0.5) is 0 Å². The summed E-state index contributed by atoms with van der Waals surface area (Å²) in [7, 11) is 1.59. The predicted molar refractivity (Wildman–Crippen MR) is 105 cm³/mol. The maximum absolute atomic E-state index is 13.0. The molecule has 0 bridgehead atoms. The number of nitrogens with one attached hydrogen (secondary N) is 3. The zero-order valence-corrected chi connectivity index (χ0v) is 16.1. The van der Waals surface area contributed by atoms with E-state index in [2.05, 4.69) is 30.6 Å². The topological polar surface area (TPSA) is 127 Å². The molecule has 0 aromatic carbocycles. The molecular formula is C19H23N7O3. The Morgan fingerprint density at radius 1 is 1.28 bits per heavy atom. The van der Waals surface area contributed by atoms with Crippen molar-refractivity contribution in [2.24, 2.45) is 0 Å². The number of nitrogens with zero attached hydrogens (tertiary/aromatic N) is 4. The first kappa shape index (κ1) is 19.1. The zero-order valence-electron chi connectivity index (χ0n) is 16.1. The van der Waals surface area contributed by atoms with Gasteiger partial charge in [0.2, 0.25) is 11.9 Å². The summed E-state index contributed by atoms with van der Waals surface area (Å²) < 4.78 is 7.28. The maximum atomic E-state index is 13.0. The predicted octanol–water partition coefficient (Wildman–Crippen LogP) is 0.947. The minimum Gasteiger partial charge on any atom is -0.368 e. The fraction of sp³-hybridized carbons (Fsp3) is 0.421. The second-order valence-electron chi connectivity index (χ2n) is 7.01. The number of likely N-dealkylation sites (N-methyl/N-ethyl adjacent to an activating group) is 1. The largest absolute Gasteiger partial charge is 0.368 e. The van der Waals surface area contributed by atoms with Crippen LogP contribution in [0.15, 0.2) is 31.0 Å². The van der Waals surface area contributed by atoms with Gasteiger partial charge in [0.1, 0.15) is 12.9 Å². The number of H-pyrrole nitrogens is 1. The quantitative estimate of drug-likeness (QED) is 0.568. The smallest absolute Gasteiger partial charge is 0.272 e. The highest BCUT2D eigenvalue weighted by Crippen LogP contribution is 2.22. The van der Waals surface area contributed by atoms with Gasteiger partial charge in [0.25, 0.3) is 5.91 Å². The molecule has 10 heteroatoms. The minimum absolute atomic E-state index is 0.0408. The van der Waals surface area contributed by atoms with Crippen molar-refractivity contribution in [3.8, 4) is 5.95 Å². The van der Waals surface area contributed by atoms with E-state index in [4.69, 9.17) is 4.74 Å². The number of amides is 2. The Labute approximate surface area is 167 Å². The Balaban J connectivity index is 1.42. The van der Waals surface area contributed by atoms with E-state index in [1.165, 1.54) is 0 Å². The molecule has 0 aliphatic heterocycles. The van der Waals surface area contributed by atoms with E-state index in [-0.39, 0.29) is 30.6 Å². The average Bonchev–Trinajstić information content (AvgIpc) is 3.44. The highest BCUT2D eigenvalue weighted by Gasteiger charge is 2.25. The van der Waals surface area contributed by atoms with Gasteiger partial charge in [-0.1, -0.05) is 0 Å². The van der Waals surface area contributed by atoms with Crippen LogP contribution in [0, 0.1) is 0 Å². The second-order valence-corrected chi connectivity index (χ2v) is 7.01. The minimum atomic E-state index is -0.240. The lowest BCUT2D eigenvalue weighted by atomic mass is 9.93. The number of rotatable bonds is 6. The molecule has 3 aromatic rings. The Morgan fingerprint density at radius 2 is 2.10 bits per heavy atom. The Hall–Kier alpha value is -3.27. The van der Waals surface area contributed by atoms with Crippen molar-refractivity contribution in [3.63, 3.8) is 0 Å². The van der Waals surface area contributed by atoms with Crippen LogP contribution in [0.1, 0.15) is 36.2 Å². The Morgan fingerprint density at radius 3 is 2.83 bits per heavy atom. The van der Waals surface area contributed by atoms with Gasteiger partial charge in [-0.3, -0.25) is 14.2 Å². The van der Waals surface area contributed by atoms with E-state index in [9.17, 15) is 9.59 Å². The number of imidazole rings is 1. The lowest BCUT2D eigenvalue weighted by Crippen LogP contribution is -2.40. The van der Waals surface area contributed by atoms with Crippen molar-refractivity contribution in [1.29, 1.82) is 0 Å². The number of aromatic nitrogens is 5. The molecule has 3 N–H and O–H groups in total. The molecule has 4 rings (SSSR count). The van der Waals surface area contributed by atoms with Crippen molar-refractivity contribution < 1.29 is 14.3 Å². The van der Waals surface area contributed by atoms with Crippen LogP contribution in [-0.2, 0) is 9.53 Å². The highest BCUT2D eigenvalue weighted by atomic mass is 16.5. The standard InChI is InChI=1S/C19H23N7O3/c1-20-15(27)10-29-13-4-2-12(3-5-13)23-18(28)17-16-14(6-7-22-16)24-19(25-17)26-9-8-21-11-26/h6-9,11-13,22H,2-5,10H2,1H3,(H,20,27)(H,23,28). The van der Waals surface area contributed by atoms with Gasteiger partial charge in [-0.25, -0.2) is 15.0 Å². The molecule has 10 nitrogen and oxygen atoms in total. The van der Waals surface area contributed by atoms with E-state index >= 15 is 0 Å². The fourth-order valence-corrected chi connectivity index (χ4v) is 3.48. The van der Waals surface area contributed by atoms with Crippen LogP contribution in [0.2, 0.25) is 0 Å². The van der Waals surface area contributed by atoms with E-state index in [1.54, 1.807) is 36.5 Å². The second kappa shape index (κ2) is 8.39. The molecule has 1 aliphatic rings. The molecule has 0 saturated heterocycles. The number of carbonyl (C=O) groups is 2. The van der Waals surface area contributed by atoms with Gasteiger partial charge in [-0.15, -0.1) is 0 Å². The Kier molecular flexibility index (Phi) is 5.52. The summed E-state index contributed by atoms with van der Waals surface area (Å²) in [5.74, 6) is 0.0230. The van der Waals surface area contributed by atoms with E-state index in [1.807, 2.05) is 6.07 Å². The number of fused-ring (bicyclic) bond motifs is 1. The molecule has 3 heterocycles. The molecule has 0 unspecified atom stereocenters. The molecule has 1 saturated carbocycles. The summed E-state index contributed by atoms with van der Waals surface area (Å²) >= 11 is 0. The van der Waals surface area contributed by atoms with Gasteiger partial charge in [-0.05, 0) is 31.7 Å². The molecule has 3 aromatic heterocycles. The zero-order chi connectivity index (χ0) is 20.2. The molecule has 1 fully saturated rings. The van der Waals surface area contributed by atoms with Crippen molar-refractivity contribution >= 4 is 22.8 Å². The molecule has 0 atom stereocenters. The first-order valence-electron chi connectivity index (χ1n) is 9.60. The lowest BCUT2D eigenvalue weighted by Gasteiger charge is -2.28. The van der Waals surface area contributed by atoms with E-state index < -0.39 is 0 Å². The van der Waals surface area contributed by atoms with Gasteiger partial charge in [0.05, 0.1) is 17.1 Å². The van der Waals surface area contributed by atoms with Crippen LogP contribution in [0.3, 0.4) is 0 Å². The molecular weight excluding hydrogens is 374 g/mol. The normalized spacial score (nSPS) is 19.2. The van der Waals surface area contributed by atoms with E-state index in [0.717, 1.165) is 25.7 Å². The van der Waals surface area contributed by atoms with Crippen molar-refractivity contribution in [1.82, 2.24) is 35.1 Å². The lowest BCUT2D eigenvalue weighted by molar-refractivity contribution is -0.127. The van der Waals surface area contributed by atoms with Crippen LogP contribution < -0.4 is 10.6 Å². The molecule has 1 aliphatic carbocycles. The molecule has 2 amide bonds. The van der Waals surface area contributed by atoms with E-state index in [0.29, 0.717) is 22.7 Å². The summed E-state index contributed by atoms with van der Waals surface area (Å²) in [5, 5.41) is 5.62. The summed E-state index contributed by atoms with van der Waals surface area (Å²) in [6.07, 6.45) is 9.91. The monoisotopic (exact) mass is 397 g/mol. The Bertz CT molecular complexity index is 991. The molecule has 0 spiro atoms. The highest BCUT2D eigenvalue weighted by molar-refractivity contribution is 6.03. The van der Waals surface area contributed by atoms with Gasteiger partial charge in [0, 0.05) is 31.7 Å². The van der Waals surface area contributed by atoms with Gasteiger partial charge >= 0.3 is 0 Å². The third-order valence-electron chi connectivity index (χ3n) is 5.08. The fourth-order valence-electron chi connectivity index (χ4n) is 3.48. The van der Waals surface area contributed by atoms with Crippen LogP contribution in [-0.4, -0.2) is 62.1 Å². The van der Waals surface area contributed by atoms with Crippen LogP contribution >= 0.6 is 0 Å². The summed E-state index contributed by atoms with van der Waals surface area (Å²) in [5.41, 5.74) is 1.58. The van der Waals surface area contributed by atoms with Crippen LogP contribution in [0.25, 0.3) is 17.0 Å². The van der Waals surface area contributed by atoms with Crippen LogP contribution in [0.5, 0.6) is 0 Å². The third kappa shape index (κ3) is 4.27. The number of aromatic amines is 1. The summed E-state index contributed by atoms with van der Waals surface area (Å²) in [6, 6.07) is 1.85. The SMILES string of the molecule is CNC(=O)COC1CCC(NC(=O)c2nc(-n3ccnc3)nc3cc[nH]c23)CC1. The molecule has 152 valence electrons. The first-order valence-corrected chi connectivity index (χ1v) is 9.60.